The highest BCUT2D eigenvalue weighted by Crippen LogP contribution is 2.31. The molecular formula is C23H19F4N5O3. The first-order chi connectivity index (χ1) is 16.7. The summed E-state index contributed by atoms with van der Waals surface area (Å²) in [5, 5.41) is 6.29. The van der Waals surface area contributed by atoms with Crippen LogP contribution in [0.4, 0.5) is 17.6 Å². The number of aromatic nitrogens is 3. The third-order valence-corrected chi connectivity index (χ3v) is 5.31. The van der Waals surface area contributed by atoms with Gasteiger partial charge in [-0.2, -0.15) is 18.2 Å². The van der Waals surface area contributed by atoms with E-state index in [4.69, 9.17) is 9.26 Å². The van der Waals surface area contributed by atoms with Gasteiger partial charge in [0.15, 0.2) is 0 Å². The predicted molar refractivity (Wildman–Crippen MR) is 117 cm³/mol. The van der Waals surface area contributed by atoms with Gasteiger partial charge in [-0.05, 0) is 30.7 Å². The molecule has 12 heteroatoms. The number of alkyl halides is 3. The number of ether oxygens (including phenoxy) is 1. The van der Waals surface area contributed by atoms with Crippen LogP contribution in [-0.2, 0) is 6.18 Å². The monoisotopic (exact) mass is 489 g/mol. The Bertz CT molecular complexity index is 1300. The summed E-state index contributed by atoms with van der Waals surface area (Å²) >= 11 is 0. The van der Waals surface area contributed by atoms with Gasteiger partial charge in [-0.1, -0.05) is 12.1 Å². The van der Waals surface area contributed by atoms with E-state index in [0.717, 1.165) is 18.2 Å². The number of carbonyl (C=O) groups is 1. The van der Waals surface area contributed by atoms with Crippen molar-refractivity contribution in [2.45, 2.75) is 25.6 Å². The number of benzene rings is 1. The van der Waals surface area contributed by atoms with Crippen LogP contribution in [0.5, 0.6) is 5.88 Å². The number of hydrogen-bond acceptors (Lipinski definition) is 7. The van der Waals surface area contributed by atoms with Crippen molar-refractivity contribution in [3.8, 4) is 17.3 Å². The molecule has 1 aromatic carbocycles. The highest BCUT2D eigenvalue weighted by Gasteiger charge is 2.31. The highest BCUT2D eigenvalue weighted by atomic mass is 19.4. The fourth-order valence-electron chi connectivity index (χ4n) is 3.44. The van der Waals surface area contributed by atoms with E-state index in [2.05, 4.69) is 25.4 Å². The van der Waals surface area contributed by atoms with Gasteiger partial charge in [0.2, 0.25) is 11.7 Å². The van der Waals surface area contributed by atoms with Gasteiger partial charge in [0.1, 0.15) is 12.4 Å². The molecule has 1 aliphatic heterocycles. The van der Waals surface area contributed by atoms with Crippen molar-refractivity contribution in [1.82, 2.24) is 20.4 Å². The minimum Gasteiger partial charge on any atom is -0.473 e. The number of allylic oxidation sites excluding steroid dienone is 1. The van der Waals surface area contributed by atoms with Crippen molar-refractivity contribution >= 4 is 17.7 Å². The van der Waals surface area contributed by atoms with Gasteiger partial charge in [-0.15, -0.1) is 0 Å². The lowest BCUT2D eigenvalue weighted by atomic mass is 10.0. The van der Waals surface area contributed by atoms with Crippen LogP contribution in [0, 0.1) is 5.82 Å². The minimum absolute atomic E-state index is 0.0126. The summed E-state index contributed by atoms with van der Waals surface area (Å²) < 4.78 is 63.2. The molecule has 1 aliphatic rings. The normalized spacial score (nSPS) is 15.5. The SMILES string of the molecule is CCC1N=CC(c2nc(-c3ccc(F)c(C(=O)NC)c3)no2)=C1COc1ccc(C(F)(F)F)cn1. The standard InChI is InChI=1S/C23H19F4N5O3/c1-3-18-16(11-34-19-7-5-13(9-30-19)23(25,26)27)15(10-29-18)22-31-20(32-35-22)12-4-6-17(24)14(8-12)21(33)28-2/h4-10,18H,3,11H2,1-2H3,(H,28,33). The number of rotatable bonds is 7. The second-order valence-electron chi connectivity index (χ2n) is 7.51. The van der Waals surface area contributed by atoms with E-state index < -0.39 is 23.5 Å². The van der Waals surface area contributed by atoms with Gasteiger partial charge in [-0.25, -0.2) is 9.37 Å². The zero-order valence-corrected chi connectivity index (χ0v) is 18.6. The average molecular weight is 489 g/mol. The maximum atomic E-state index is 14.0. The average Bonchev–Trinajstić information content (AvgIpc) is 3.49. The fourth-order valence-corrected chi connectivity index (χ4v) is 3.44. The van der Waals surface area contributed by atoms with E-state index in [9.17, 15) is 22.4 Å². The Morgan fingerprint density at radius 3 is 2.69 bits per heavy atom. The van der Waals surface area contributed by atoms with Gasteiger partial charge in [0, 0.05) is 36.7 Å². The predicted octanol–water partition coefficient (Wildman–Crippen LogP) is 4.34. The summed E-state index contributed by atoms with van der Waals surface area (Å²) in [6.07, 6.45) is -1.60. The summed E-state index contributed by atoms with van der Waals surface area (Å²) in [5.74, 6) is -1.00. The van der Waals surface area contributed by atoms with E-state index in [1.54, 1.807) is 6.21 Å². The second kappa shape index (κ2) is 9.65. The van der Waals surface area contributed by atoms with E-state index >= 15 is 0 Å². The first kappa shape index (κ1) is 24.0. The Balaban J connectivity index is 1.58. The summed E-state index contributed by atoms with van der Waals surface area (Å²) in [7, 11) is 1.39. The number of pyridine rings is 1. The Morgan fingerprint density at radius 1 is 1.23 bits per heavy atom. The summed E-state index contributed by atoms with van der Waals surface area (Å²) in [4.78, 5) is 24.4. The van der Waals surface area contributed by atoms with Crippen LogP contribution in [-0.4, -0.2) is 46.9 Å². The molecule has 0 spiro atoms. The smallest absolute Gasteiger partial charge is 0.417 e. The number of nitrogens with one attached hydrogen (secondary N) is 1. The topological polar surface area (TPSA) is 103 Å². The first-order valence-electron chi connectivity index (χ1n) is 10.5. The largest absolute Gasteiger partial charge is 0.473 e. The molecule has 0 saturated carbocycles. The third kappa shape index (κ3) is 5.05. The van der Waals surface area contributed by atoms with Crippen LogP contribution < -0.4 is 10.1 Å². The molecule has 0 bridgehead atoms. The lowest BCUT2D eigenvalue weighted by Gasteiger charge is -2.13. The van der Waals surface area contributed by atoms with Crippen LogP contribution in [0.25, 0.3) is 17.0 Å². The number of hydrogen-bond donors (Lipinski definition) is 1. The van der Waals surface area contributed by atoms with Gasteiger partial charge in [-0.3, -0.25) is 9.79 Å². The highest BCUT2D eigenvalue weighted by molar-refractivity contribution is 6.11. The molecule has 35 heavy (non-hydrogen) atoms. The maximum absolute atomic E-state index is 14.0. The number of halogens is 4. The van der Waals surface area contributed by atoms with Crippen molar-refractivity contribution in [2.24, 2.45) is 4.99 Å². The molecule has 1 unspecified atom stereocenters. The van der Waals surface area contributed by atoms with Crippen LogP contribution in [0.3, 0.4) is 0 Å². The Hall–Kier alpha value is -4.09. The van der Waals surface area contributed by atoms with Crippen LogP contribution >= 0.6 is 0 Å². The molecule has 0 aliphatic carbocycles. The first-order valence-corrected chi connectivity index (χ1v) is 10.5. The Labute approximate surface area is 196 Å². The van der Waals surface area contributed by atoms with E-state index in [-0.39, 0.29) is 35.8 Å². The molecule has 3 heterocycles. The van der Waals surface area contributed by atoms with Crippen molar-refractivity contribution in [3.63, 3.8) is 0 Å². The van der Waals surface area contributed by atoms with E-state index in [1.807, 2.05) is 6.92 Å². The molecule has 0 fully saturated rings. The summed E-state index contributed by atoms with van der Waals surface area (Å²) in [6.45, 7) is 1.90. The lowest BCUT2D eigenvalue weighted by Crippen LogP contribution is -2.19. The summed E-state index contributed by atoms with van der Waals surface area (Å²) in [6, 6.07) is 5.65. The fraction of sp³-hybridized carbons (Fsp3) is 0.261. The van der Waals surface area contributed by atoms with Crippen molar-refractivity contribution < 1.29 is 31.6 Å². The minimum atomic E-state index is -4.49. The van der Waals surface area contributed by atoms with E-state index in [0.29, 0.717) is 29.3 Å². The van der Waals surface area contributed by atoms with Crippen molar-refractivity contribution in [1.29, 1.82) is 0 Å². The third-order valence-electron chi connectivity index (χ3n) is 5.31. The van der Waals surface area contributed by atoms with Gasteiger partial charge < -0.3 is 14.6 Å². The number of nitrogens with zero attached hydrogens (tertiary/aromatic N) is 4. The molecule has 3 aromatic rings. The zero-order valence-electron chi connectivity index (χ0n) is 18.6. The number of aliphatic imine (C=N–C) groups is 1. The van der Waals surface area contributed by atoms with Gasteiger partial charge in [0.05, 0.1) is 22.7 Å². The molecule has 1 N–H and O–H groups in total. The maximum Gasteiger partial charge on any atom is 0.417 e. The summed E-state index contributed by atoms with van der Waals surface area (Å²) in [5.41, 5.74) is 0.529. The lowest BCUT2D eigenvalue weighted by molar-refractivity contribution is -0.137. The molecule has 1 amide bonds. The molecule has 0 radical (unpaired) electrons. The van der Waals surface area contributed by atoms with Crippen LogP contribution in [0.2, 0.25) is 0 Å². The second-order valence-corrected chi connectivity index (χ2v) is 7.51. The van der Waals surface area contributed by atoms with Gasteiger partial charge in [0.25, 0.3) is 11.8 Å². The van der Waals surface area contributed by atoms with Gasteiger partial charge >= 0.3 is 6.18 Å². The van der Waals surface area contributed by atoms with Crippen molar-refractivity contribution in [2.75, 3.05) is 13.7 Å². The molecule has 2 aromatic heterocycles. The molecule has 0 saturated heterocycles. The molecule has 182 valence electrons. The number of carbonyl (C=O) groups excluding carboxylic acids is 1. The van der Waals surface area contributed by atoms with Crippen LogP contribution in [0.15, 0.2) is 51.6 Å². The molecule has 8 nitrogen and oxygen atoms in total. The molecular weight excluding hydrogens is 470 g/mol. The van der Waals surface area contributed by atoms with Crippen LogP contribution in [0.1, 0.15) is 35.2 Å². The quantitative estimate of drug-likeness (QED) is 0.496. The number of amides is 1. The van der Waals surface area contributed by atoms with Crippen molar-refractivity contribution in [3.05, 3.63) is 64.9 Å². The molecule has 1 atom stereocenters. The Kier molecular flexibility index (Phi) is 6.63. The zero-order chi connectivity index (χ0) is 25.2. The molecule has 4 rings (SSSR count). The Morgan fingerprint density at radius 2 is 2.03 bits per heavy atom. The van der Waals surface area contributed by atoms with E-state index in [1.165, 1.54) is 19.2 Å².